The minimum Gasteiger partial charge on any atom is -0.497 e. The molecule has 1 saturated heterocycles. The molecule has 0 unspecified atom stereocenters. The summed E-state index contributed by atoms with van der Waals surface area (Å²) in [7, 11) is 1.66. The summed E-state index contributed by atoms with van der Waals surface area (Å²) in [5.41, 5.74) is 4.18. The van der Waals surface area contributed by atoms with E-state index in [9.17, 15) is 4.79 Å². The van der Waals surface area contributed by atoms with Crippen LogP contribution in [0.5, 0.6) is 5.75 Å². The maximum Gasteiger partial charge on any atom is 0.220 e. The fourth-order valence-corrected chi connectivity index (χ4v) is 4.19. The van der Waals surface area contributed by atoms with Crippen LogP contribution in [0.25, 0.3) is 5.69 Å². The van der Waals surface area contributed by atoms with E-state index in [0.29, 0.717) is 18.9 Å². The predicted molar refractivity (Wildman–Crippen MR) is 116 cm³/mol. The fraction of sp³-hybridized carbons (Fsp3) is 0.565. The lowest BCUT2D eigenvalue weighted by Gasteiger charge is -2.32. The van der Waals surface area contributed by atoms with Crippen LogP contribution in [0.2, 0.25) is 0 Å². The largest absolute Gasteiger partial charge is 0.497 e. The van der Waals surface area contributed by atoms with Gasteiger partial charge < -0.3 is 15.0 Å². The van der Waals surface area contributed by atoms with Crippen LogP contribution in [0, 0.1) is 13.8 Å². The lowest BCUT2D eigenvalue weighted by Crippen LogP contribution is -2.44. The first kappa shape index (κ1) is 21.4. The molecule has 1 aliphatic rings. The van der Waals surface area contributed by atoms with Gasteiger partial charge in [-0.15, -0.1) is 0 Å². The molecular formula is C23H34N4O2. The number of aryl methyl sites for hydroxylation is 1. The molecule has 2 aromatic rings. The molecule has 0 saturated carbocycles. The van der Waals surface area contributed by atoms with E-state index in [1.807, 2.05) is 35.9 Å². The van der Waals surface area contributed by atoms with Crippen LogP contribution in [0.1, 0.15) is 49.6 Å². The van der Waals surface area contributed by atoms with Gasteiger partial charge in [-0.25, -0.2) is 4.68 Å². The van der Waals surface area contributed by atoms with Crippen molar-refractivity contribution in [2.75, 3.05) is 26.7 Å². The number of likely N-dealkylation sites (tertiary alicyclic amines) is 1. The first-order valence-electron chi connectivity index (χ1n) is 10.7. The summed E-state index contributed by atoms with van der Waals surface area (Å²) in [5.74, 6) is 0.952. The summed E-state index contributed by atoms with van der Waals surface area (Å²) in [4.78, 5) is 15.0. The molecule has 3 rings (SSSR count). The van der Waals surface area contributed by atoms with E-state index < -0.39 is 0 Å². The molecule has 1 fully saturated rings. The first-order valence-corrected chi connectivity index (χ1v) is 10.7. The quantitative estimate of drug-likeness (QED) is 0.740. The van der Waals surface area contributed by atoms with Crippen molar-refractivity contribution in [3.05, 3.63) is 41.2 Å². The Labute approximate surface area is 174 Å². The maximum absolute atomic E-state index is 12.5. The topological polar surface area (TPSA) is 59.4 Å². The highest BCUT2D eigenvalue weighted by Gasteiger charge is 2.21. The number of aromatic nitrogens is 2. The SMILES string of the molecule is CCCN1CCC(NC(=O)CCc2c(C)nn(-c3cccc(OC)c3)c2C)CC1. The molecule has 0 radical (unpaired) electrons. The van der Waals surface area contributed by atoms with E-state index in [4.69, 9.17) is 9.84 Å². The molecule has 2 heterocycles. The van der Waals surface area contributed by atoms with Gasteiger partial charge in [0.05, 0.1) is 18.5 Å². The van der Waals surface area contributed by atoms with Gasteiger partial charge >= 0.3 is 0 Å². The smallest absolute Gasteiger partial charge is 0.220 e. The van der Waals surface area contributed by atoms with Crippen LogP contribution in [0.4, 0.5) is 0 Å². The minimum atomic E-state index is 0.145. The lowest BCUT2D eigenvalue weighted by molar-refractivity contribution is -0.122. The summed E-state index contributed by atoms with van der Waals surface area (Å²) >= 11 is 0. The summed E-state index contributed by atoms with van der Waals surface area (Å²) in [5, 5.41) is 7.93. The van der Waals surface area contributed by atoms with E-state index in [1.165, 1.54) is 6.42 Å². The van der Waals surface area contributed by atoms with Crippen LogP contribution in [0.3, 0.4) is 0 Å². The monoisotopic (exact) mass is 398 g/mol. The maximum atomic E-state index is 12.5. The number of hydrogen-bond acceptors (Lipinski definition) is 4. The Morgan fingerprint density at radius 2 is 2.03 bits per heavy atom. The van der Waals surface area contributed by atoms with E-state index in [2.05, 4.69) is 24.1 Å². The second-order valence-electron chi connectivity index (χ2n) is 7.95. The number of benzene rings is 1. The number of piperidine rings is 1. The number of rotatable bonds is 8. The zero-order chi connectivity index (χ0) is 20.8. The number of nitrogens with zero attached hydrogens (tertiary/aromatic N) is 3. The highest BCUT2D eigenvalue weighted by Crippen LogP contribution is 2.22. The van der Waals surface area contributed by atoms with Crippen LogP contribution in [-0.2, 0) is 11.2 Å². The van der Waals surface area contributed by atoms with Gasteiger partial charge in [-0.3, -0.25) is 4.79 Å². The first-order chi connectivity index (χ1) is 14.0. The Morgan fingerprint density at radius 1 is 1.28 bits per heavy atom. The van der Waals surface area contributed by atoms with Crippen molar-refractivity contribution < 1.29 is 9.53 Å². The highest BCUT2D eigenvalue weighted by atomic mass is 16.5. The van der Waals surface area contributed by atoms with Crippen molar-refractivity contribution in [2.24, 2.45) is 0 Å². The van der Waals surface area contributed by atoms with Crippen molar-refractivity contribution >= 4 is 5.91 Å². The zero-order valence-corrected chi connectivity index (χ0v) is 18.2. The normalized spacial score (nSPS) is 15.4. The second-order valence-corrected chi connectivity index (χ2v) is 7.95. The average Bonchev–Trinajstić information content (AvgIpc) is 3.01. The fourth-order valence-electron chi connectivity index (χ4n) is 4.19. The molecule has 1 aromatic carbocycles. The predicted octanol–water partition coefficient (Wildman–Crippen LogP) is 3.42. The summed E-state index contributed by atoms with van der Waals surface area (Å²) in [6, 6.07) is 8.19. The van der Waals surface area contributed by atoms with Gasteiger partial charge in [-0.05, 0) is 63.8 Å². The molecule has 1 aromatic heterocycles. The molecular weight excluding hydrogens is 364 g/mol. The third-order valence-electron chi connectivity index (χ3n) is 5.83. The van der Waals surface area contributed by atoms with E-state index in [0.717, 1.165) is 60.9 Å². The Bertz CT molecular complexity index is 822. The Kier molecular flexibility index (Phi) is 7.31. The van der Waals surface area contributed by atoms with E-state index >= 15 is 0 Å². The molecule has 6 heteroatoms. The molecule has 29 heavy (non-hydrogen) atoms. The van der Waals surface area contributed by atoms with Gasteiger partial charge in [-0.1, -0.05) is 13.0 Å². The van der Waals surface area contributed by atoms with Crippen LogP contribution in [0.15, 0.2) is 24.3 Å². The molecule has 0 aliphatic carbocycles. The molecule has 0 spiro atoms. The second kappa shape index (κ2) is 9.92. The molecule has 0 bridgehead atoms. The van der Waals surface area contributed by atoms with Crippen molar-refractivity contribution in [3.63, 3.8) is 0 Å². The van der Waals surface area contributed by atoms with Crippen LogP contribution < -0.4 is 10.1 Å². The van der Waals surface area contributed by atoms with E-state index in [1.54, 1.807) is 7.11 Å². The van der Waals surface area contributed by atoms with Crippen molar-refractivity contribution in [3.8, 4) is 11.4 Å². The lowest BCUT2D eigenvalue weighted by atomic mass is 10.0. The highest BCUT2D eigenvalue weighted by molar-refractivity contribution is 5.76. The molecule has 1 amide bonds. The number of carbonyl (C=O) groups is 1. The minimum absolute atomic E-state index is 0.145. The number of amides is 1. The van der Waals surface area contributed by atoms with Crippen LogP contribution >= 0.6 is 0 Å². The van der Waals surface area contributed by atoms with Crippen molar-refractivity contribution in [2.45, 2.75) is 58.9 Å². The van der Waals surface area contributed by atoms with Gasteiger partial charge in [0.25, 0.3) is 0 Å². The van der Waals surface area contributed by atoms with Gasteiger partial charge in [0, 0.05) is 37.3 Å². The van der Waals surface area contributed by atoms with Gasteiger partial charge in [0.15, 0.2) is 0 Å². The van der Waals surface area contributed by atoms with Gasteiger partial charge in [-0.2, -0.15) is 5.10 Å². The summed E-state index contributed by atoms with van der Waals surface area (Å²) in [6.07, 6.45) is 4.51. The number of hydrogen-bond donors (Lipinski definition) is 1. The standard InChI is InChI=1S/C23H34N4O2/c1-5-13-26-14-11-19(12-15-26)24-23(28)10-9-22-17(2)25-27(18(22)3)20-7-6-8-21(16-20)29-4/h6-8,16,19H,5,9-15H2,1-4H3,(H,24,28). The third kappa shape index (κ3) is 5.38. The number of nitrogens with one attached hydrogen (secondary N) is 1. The van der Waals surface area contributed by atoms with Crippen molar-refractivity contribution in [1.29, 1.82) is 0 Å². The van der Waals surface area contributed by atoms with Gasteiger partial charge in [0.1, 0.15) is 5.75 Å². The Balaban J connectivity index is 1.57. The van der Waals surface area contributed by atoms with E-state index in [-0.39, 0.29) is 5.91 Å². The molecule has 158 valence electrons. The number of ether oxygens (including phenoxy) is 1. The molecule has 1 N–H and O–H groups in total. The number of carbonyl (C=O) groups excluding carboxylic acids is 1. The molecule has 6 nitrogen and oxygen atoms in total. The zero-order valence-electron chi connectivity index (χ0n) is 18.2. The summed E-state index contributed by atoms with van der Waals surface area (Å²) < 4.78 is 7.27. The van der Waals surface area contributed by atoms with Crippen LogP contribution in [-0.4, -0.2) is 53.4 Å². The third-order valence-corrected chi connectivity index (χ3v) is 5.83. The Morgan fingerprint density at radius 3 is 2.72 bits per heavy atom. The van der Waals surface area contributed by atoms with Crippen molar-refractivity contribution in [1.82, 2.24) is 20.0 Å². The van der Waals surface area contributed by atoms with Gasteiger partial charge in [0.2, 0.25) is 5.91 Å². The molecule has 0 atom stereocenters. The average molecular weight is 399 g/mol. The number of methoxy groups -OCH3 is 1. The summed E-state index contributed by atoms with van der Waals surface area (Å²) in [6.45, 7) is 9.63. The molecule has 1 aliphatic heterocycles. The Hall–Kier alpha value is -2.34.